The Morgan fingerprint density at radius 3 is 2.82 bits per heavy atom. The Labute approximate surface area is 98.7 Å². The number of nitrogen functional groups attached to an aromatic ring is 1. The Bertz CT molecular complexity index is 557. The lowest BCUT2D eigenvalue weighted by atomic mass is 10.2. The van der Waals surface area contributed by atoms with Crippen LogP contribution in [0.3, 0.4) is 0 Å². The topological polar surface area (TPSA) is 77.9 Å². The first-order valence-corrected chi connectivity index (χ1v) is 5.42. The van der Waals surface area contributed by atoms with Crippen LogP contribution in [0.5, 0.6) is 0 Å². The van der Waals surface area contributed by atoms with Gasteiger partial charge < -0.3 is 5.43 Å². The number of anilines is 1. The van der Waals surface area contributed by atoms with Gasteiger partial charge in [0.25, 0.3) is 0 Å². The molecular formula is C11H15N5O. The van der Waals surface area contributed by atoms with Crippen LogP contribution in [-0.2, 0) is 13.1 Å². The summed E-state index contributed by atoms with van der Waals surface area (Å²) in [5.41, 5.74) is 3.37. The second kappa shape index (κ2) is 4.84. The first kappa shape index (κ1) is 11.4. The molecule has 0 bridgehead atoms. The van der Waals surface area contributed by atoms with E-state index in [1.165, 1.54) is 0 Å². The van der Waals surface area contributed by atoms with Crippen LogP contribution < -0.4 is 17.0 Å². The fourth-order valence-corrected chi connectivity index (χ4v) is 1.69. The Balaban J connectivity index is 2.31. The van der Waals surface area contributed by atoms with Gasteiger partial charge in [0, 0.05) is 30.7 Å². The molecule has 2 aromatic rings. The normalized spacial score (nSPS) is 10.5. The van der Waals surface area contributed by atoms with Crippen molar-refractivity contribution in [3.05, 3.63) is 46.8 Å². The minimum atomic E-state index is -0.0284. The molecule has 2 rings (SSSR count). The molecule has 0 aliphatic heterocycles. The van der Waals surface area contributed by atoms with E-state index in [9.17, 15) is 4.79 Å². The van der Waals surface area contributed by atoms with Crippen molar-refractivity contribution in [2.45, 2.75) is 20.0 Å². The van der Waals surface area contributed by atoms with Crippen LogP contribution in [0.4, 0.5) is 5.82 Å². The van der Waals surface area contributed by atoms with Crippen molar-refractivity contribution >= 4 is 5.82 Å². The molecule has 17 heavy (non-hydrogen) atoms. The van der Waals surface area contributed by atoms with Gasteiger partial charge in [-0.3, -0.25) is 9.13 Å². The second-order valence-corrected chi connectivity index (χ2v) is 3.65. The zero-order chi connectivity index (χ0) is 12.3. The quantitative estimate of drug-likeness (QED) is 0.592. The fraction of sp³-hybridized carbons (Fsp3) is 0.273. The van der Waals surface area contributed by atoms with Gasteiger partial charge in [-0.15, -0.1) is 0 Å². The lowest BCUT2D eigenvalue weighted by Gasteiger charge is -2.07. The summed E-state index contributed by atoms with van der Waals surface area (Å²) in [5.74, 6) is 5.96. The third-order valence-corrected chi connectivity index (χ3v) is 2.63. The molecule has 2 aromatic heterocycles. The number of imidazole rings is 1. The predicted octanol–water partition coefficient (Wildman–Crippen LogP) is 0.399. The number of hydrogen-bond acceptors (Lipinski definition) is 4. The maximum absolute atomic E-state index is 11.9. The van der Waals surface area contributed by atoms with E-state index in [1.54, 1.807) is 27.7 Å². The maximum Gasteiger partial charge on any atom is 0.328 e. The van der Waals surface area contributed by atoms with E-state index in [0.29, 0.717) is 18.9 Å². The third-order valence-electron chi connectivity index (χ3n) is 2.63. The van der Waals surface area contributed by atoms with Crippen LogP contribution in [0.25, 0.3) is 0 Å². The highest BCUT2D eigenvalue weighted by atomic mass is 16.1. The minimum Gasteiger partial charge on any atom is -0.308 e. The van der Waals surface area contributed by atoms with Crippen LogP contribution in [0.2, 0.25) is 0 Å². The summed E-state index contributed by atoms with van der Waals surface area (Å²) in [5, 5.41) is 0. The minimum absolute atomic E-state index is 0.0284. The molecule has 0 fully saturated rings. The third kappa shape index (κ3) is 2.21. The Hall–Kier alpha value is -2.08. The Kier molecular flexibility index (Phi) is 3.24. The number of aromatic nitrogens is 3. The van der Waals surface area contributed by atoms with E-state index in [4.69, 9.17) is 5.84 Å². The summed E-state index contributed by atoms with van der Waals surface area (Å²) < 4.78 is 3.27. The number of pyridine rings is 1. The lowest BCUT2D eigenvalue weighted by Crippen LogP contribution is -2.24. The van der Waals surface area contributed by atoms with E-state index in [-0.39, 0.29) is 5.69 Å². The van der Waals surface area contributed by atoms with Gasteiger partial charge in [-0.25, -0.2) is 15.6 Å². The number of nitrogens with two attached hydrogens (primary N) is 1. The molecule has 6 nitrogen and oxygen atoms in total. The summed E-state index contributed by atoms with van der Waals surface area (Å²) in [6, 6.07) is 3.70. The van der Waals surface area contributed by atoms with E-state index < -0.39 is 0 Å². The van der Waals surface area contributed by atoms with Crippen molar-refractivity contribution in [3.8, 4) is 0 Å². The summed E-state index contributed by atoms with van der Waals surface area (Å²) in [6.45, 7) is 3.06. The number of rotatable bonds is 4. The zero-order valence-electron chi connectivity index (χ0n) is 9.63. The lowest BCUT2D eigenvalue weighted by molar-refractivity contribution is 0.668. The van der Waals surface area contributed by atoms with E-state index in [1.807, 2.05) is 19.1 Å². The maximum atomic E-state index is 11.9. The molecule has 0 aromatic carbocycles. The van der Waals surface area contributed by atoms with Crippen molar-refractivity contribution in [2.24, 2.45) is 5.84 Å². The van der Waals surface area contributed by atoms with E-state index in [0.717, 1.165) is 5.56 Å². The predicted molar refractivity (Wildman–Crippen MR) is 65.5 cm³/mol. The Morgan fingerprint density at radius 2 is 2.18 bits per heavy atom. The number of hydrogen-bond donors (Lipinski definition) is 2. The monoisotopic (exact) mass is 233 g/mol. The largest absolute Gasteiger partial charge is 0.328 e. The average Bonchev–Trinajstić information content (AvgIpc) is 2.71. The van der Waals surface area contributed by atoms with Gasteiger partial charge in [-0.1, -0.05) is 6.07 Å². The smallest absolute Gasteiger partial charge is 0.308 e. The molecule has 90 valence electrons. The molecule has 0 saturated heterocycles. The number of hydrazine groups is 1. The average molecular weight is 233 g/mol. The van der Waals surface area contributed by atoms with Crippen LogP contribution in [-0.4, -0.2) is 14.1 Å². The summed E-state index contributed by atoms with van der Waals surface area (Å²) in [6.07, 6.45) is 5.19. The van der Waals surface area contributed by atoms with Crippen molar-refractivity contribution in [1.82, 2.24) is 14.1 Å². The molecule has 0 saturated carbocycles. The first-order valence-electron chi connectivity index (χ1n) is 5.42. The highest BCUT2D eigenvalue weighted by Crippen LogP contribution is 2.10. The molecule has 0 spiro atoms. The van der Waals surface area contributed by atoms with Crippen molar-refractivity contribution in [1.29, 1.82) is 0 Å². The van der Waals surface area contributed by atoms with Crippen molar-refractivity contribution in [3.63, 3.8) is 0 Å². The Morgan fingerprint density at radius 1 is 1.41 bits per heavy atom. The van der Waals surface area contributed by atoms with E-state index >= 15 is 0 Å². The second-order valence-electron chi connectivity index (χ2n) is 3.65. The highest BCUT2D eigenvalue weighted by molar-refractivity contribution is 5.42. The van der Waals surface area contributed by atoms with Crippen molar-refractivity contribution < 1.29 is 0 Å². The van der Waals surface area contributed by atoms with Gasteiger partial charge in [-0.2, -0.15) is 0 Å². The van der Waals surface area contributed by atoms with Crippen LogP contribution >= 0.6 is 0 Å². The van der Waals surface area contributed by atoms with Crippen LogP contribution in [0, 0.1) is 0 Å². The van der Waals surface area contributed by atoms with Gasteiger partial charge in [-0.05, 0) is 13.0 Å². The molecule has 0 aliphatic carbocycles. The van der Waals surface area contributed by atoms with Gasteiger partial charge in [0.2, 0.25) is 0 Å². The summed E-state index contributed by atoms with van der Waals surface area (Å²) in [7, 11) is 0. The van der Waals surface area contributed by atoms with Gasteiger partial charge in [0.1, 0.15) is 5.82 Å². The zero-order valence-corrected chi connectivity index (χ0v) is 9.63. The fourth-order valence-electron chi connectivity index (χ4n) is 1.69. The molecule has 3 N–H and O–H groups in total. The molecular weight excluding hydrogens is 218 g/mol. The molecule has 0 atom stereocenters. The summed E-state index contributed by atoms with van der Waals surface area (Å²) in [4.78, 5) is 15.9. The van der Waals surface area contributed by atoms with Gasteiger partial charge >= 0.3 is 5.69 Å². The SMILES string of the molecule is CCn1ccn(Cc2cccnc2NN)c1=O. The first-order chi connectivity index (χ1) is 8.26. The standard InChI is InChI=1S/C11H15N5O/c1-2-15-6-7-16(11(15)17)8-9-4-3-5-13-10(9)14-12/h3-7H,2,8,12H2,1H3,(H,13,14). The van der Waals surface area contributed by atoms with Gasteiger partial charge in [0.05, 0.1) is 6.54 Å². The highest BCUT2D eigenvalue weighted by Gasteiger charge is 2.06. The molecule has 0 radical (unpaired) electrons. The van der Waals surface area contributed by atoms with Crippen LogP contribution in [0.1, 0.15) is 12.5 Å². The van der Waals surface area contributed by atoms with E-state index in [2.05, 4.69) is 10.4 Å². The molecule has 6 heteroatoms. The van der Waals surface area contributed by atoms with Gasteiger partial charge in [0.15, 0.2) is 0 Å². The molecule has 0 aliphatic rings. The molecule has 0 amide bonds. The molecule has 0 unspecified atom stereocenters. The number of nitrogens with one attached hydrogen (secondary N) is 1. The number of aryl methyl sites for hydroxylation is 1. The number of nitrogens with zero attached hydrogens (tertiary/aromatic N) is 3. The molecule has 2 heterocycles. The van der Waals surface area contributed by atoms with Crippen molar-refractivity contribution in [2.75, 3.05) is 5.43 Å². The van der Waals surface area contributed by atoms with Crippen LogP contribution in [0.15, 0.2) is 35.5 Å². The summed E-state index contributed by atoms with van der Waals surface area (Å²) >= 11 is 0.